The molecule has 0 amide bonds. The monoisotopic (exact) mass is 487 g/mol. The first-order chi connectivity index (χ1) is 16.1. The molecule has 9 heteroatoms. The van der Waals surface area contributed by atoms with Crippen LogP contribution in [-0.2, 0) is 43.2 Å². The first-order valence-electron chi connectivity index (χ1n) is 11.4. The van der Waals surface area contributed by atoms with Crippen LogP contribution in [0.1, 0.15) is 51.0 Å². The third-order valence-corrected chi connectivity index (χ3v) is 6.81. The first kappa shape index (κ1) is 27.0. The van der Waals surface area contributed by atoms with Crippen LogP contribution in [0.4, 0.5) is 0 Å². The molecule has 0 saturated heterocycles. The van der Waals surface area contributed by atoms with E-state index in [9.17, 15) is 19.2 Å². The SMILES string of the molecule is CCOC(=O)CCc1c(C(=O)OCc2ccccc2)[nH]c(C=O)c1CC(=O)OCC[Si](C)(C)C. The molecule has 0 aliphatic carbocycles. The Bertz CT molecular complexity index is 993. The minimum Gasteiger partial charge on any atom is -0.466 e. The Morgan fingerprint density at radius 2 is 1.68 bits per heavy atom. The number of nitrogens with one attached hydrogen (secondary N) is 1. The molecule has 184 valence electrons. The Labute approximate surface area is 201 Å². The van der Waals surface area contributed by atoms with E-state index in [0.29, 0.717) is 24.0 Å². The number of carbonyl (C=O) groups excluding carboxylic acids is 4. The van der Waals surface area contributed by atoms with Crippen LogP contribution in [0.3, 0.4) is 0 Å². The second-order valence-corrected chi connectivity index (χ2v) is 14.7. The number of aromatic amines is 1. The molecule has 0 fully saturated rings. The molecule has 2 rings (SSSR count). The van der Waals surface area contributed by atoms with Crippen LogP contribution in [0.25, 0.3) is 0 Å². The van der Waals surface area contributed by atoms with Crippen molar-refractivity contribution in [2.75, 3.05) is 13.2 Å². The van der Waals surface area contributed by atoms with Crippen LogP contribution in [0, 0.1) is 0 Å². The molecule has 0 aliphatic rings. The van der Waals surface area contributed by atoms with Crippen molar-refractivity contribution >= 4 is 32.3 Å². The maximum Gasteiger partial charge on any atom is 0.355 e. The third-order valence-electron chi connectivity index (χ3n) is 5.11. The maximum absolute atomic E-state index is 12.9. The molecule has 34 heavy (non-hydrogen) atoms. The molecule has 1 aromatic heterocycles. The van der Waals surface area contributed by atoms with Gasteiger partial charge in [0, 0.05) is 14.5 Å². The van der Waals surface area contributed by atoms with Gasteiger partial charge in [-0.25, -0.2) is 4.79 Å². The van der Waals surface area contributed by atoms with Crippen molar-refractivity contribution < 1.29 is 33.4 Å². The van der Waals surface area contributed by atoms with Gasteiger partial charge in [-0.05, 0) is 36.1 Å². The van der Waals surface area contributed by atoms with Gasteiger partial charge >= 0.3 is 17.9 Å². The summed E-state index contributed by atoms with van der Waals surface area (Å²) < 4.78 is 15.8. The van der Waals surface area contributed by atoms with Crippen molar-refractivity contribution in [3.05, 3.63) is 58.4 Å². The Morgan fingerprint density at radius 1 is 0.971 bits per heavy atom. The summed E-state index contributed by atoms with van der Waals surface area (Å²) in [6.45, 7) is 8.82. The van der Waals surface area contributed by atoms with Gasteiger partial charge in [0.15, 0.2) is 6.29 Å². The first-order valence-corrected chi connectivity index (χ1v) is 15.1. The molecule has 0 aliphatic heterocycles. The minimum atomic E-state index is -1.38. The van der Waals surface area contributed by atoms with Crippen molar-refractivity contribution in [1.82, 2.24) is 4.98 Å². The van der Waals surface area contributed by atoms with E-state index in [4.69, 9.17) is 14.2 Å². The fourth-order valence-corrected chi connectivity index (χ4v) is 3.99. The number of aldehydes is 1. The summed E-state index contributed by atoms with van der Waals surface area (Å²) in [5, 5.41) is 0. The second-order valence-electron chi connectivity index (χ2n) is 9.06. The summed E-state index contributed by atoms with van der Waals surface area (Å²) in [6.07, 6.45) is 0.448. The minimum absolute atomic E-state index is 0.0133. The number of ether oxygens (including phenoxy) is 3. The maximum atomic E-state index is 12.9. The third kappa shape index (κ3) is 8.62. The van der Waals surface area contributed by atoms with Crippen LogP contribution >= 0.6 is 0 Å². The van der Waals surface area contributed by atoms with Gasteiger partial charge < -0.3 is 19.2 Å². The van der Waals surface area contributed by atoms with Gasteiger partial charge in [0.25, 0.3) is 0 Å². The van der Waals surface area contributed by atoms with Crippen LogP contribution in [0.5, 0.6) is 0 Å². The molecule has 8 nitrogen and oxygen atoms in total. The molecule has 2 aromatic rings. The lowest BCUT2D eigenvalue weighted by atomic mass is 10.0. The Kier molecular flexibility index (Phi) is 10.2. The topological polar surface area (TPSA) is 112 Å². The highest BCUT2D eigenvalue weighted by Crippen LogP contribution is 2.23. The van der Waals surface area contributed by atoms with Crippen molar-refractivity contribution in [2.24, 2.45) is 0 Å². The lowest BCUT2D eigenvalue weighted by Gasteiger charge is -2.15. The van der Waals surface area contributed by atoms with Crippen LogP contribution in [-0.4, -0.2) is 50.5 Å². The van der Waals surface area contributed by atoms with E-state index in [1.807, 2.05) is 30.3 Å². The van der Waals surface area contributed by atoms with E-state index < -0.39 is 26.0 Å². The highest BCUT2D eigenvalue weighted by atomic mass is 28.3. The zero-order valence-electron chi connectivity index (χ0n) is 20.3. The lowest BCUT2D eigenvalue weighted by molar-refractivity contribution is -0.143. The highest BCUT2D eigenvalue weighted by molar-refractivity contribution is 6.76. The van der Waals surface area contributed by atoms with Crippen LogP contribution in [0.15, 0.2) is 30.3 Å². The standard InChI is InChI=1S/C25H33NO7Si/c1-5-31-22(28)12-11-19-20(15-23(29)32-13-14-34(2,3)4)21(16-27)26-24(19)25(30)33-17-18-9-7-6-8-10-18/h6-10,16,26H,5,11-15,17H2,1-4H3. The predicted molar refractivity (Wildman–Crippen MR) is 130 cm³/mol. The Hall–Kier alpha value is -3.20. The summed E-state index contributed by atoms with van der Waals surface area (Å²) in [5.74, 6) is -1.62. The predicted octanol–water partition coefficient (Wildman–Crippen LogP) is 4.10. The fourth-order valence-electron chi connectivity index (χ4n) is 3.27. The van der Waals surface area contributed by atoms with E-state index in [1.165, 1.54) is 0 Å². The summed E-state index contributed by atoms with van der Waals surface area (Å²) in [7, 11) is -1.38. The Balaban J connectivity index is 2.24. The zero-order chi connectivity index (χ0) is 25.1. The number of H-pyrrole nitrogens is 1. The molecule has 1 heterocycles. The van der Waals surface area contributed by atoms with E-state index in [2.05, 4.69) is 24.6 Å². The molecule has 0 atom stereocenters. The molecule has 0 bridgehead atoms. The van der Waals surface area contributed by atoms with E-state index >= 15 is 0 Å². The molecule has 0 unspecified atom stereocenters. The van der Waals surface area contributed by atoms with Gasteiger partial charge in [0.2, 0.25) is 0 Å². The average Bonchev–Trinajstić information content (AvgIpc) is 3.13. The number of hydrogen-bond acceptors (Lipinski definition) is 7. The molecule has 0 spiro atoms. The zero-order valence-corrected chi connectivity index (χ0v) is 21.3. The quantitative estimate of drug-likeness (QED) is 0.196. The van der Waals surface area contributed by atoms with E-state index in [1.54, 1.807) is 6.92 Å². The average molecular weight is 488 g/mol. The van der Waals surface area contributed by atoms with Gasteiger partial charge in [-0.3, -0.25) is 14.4 Å². The molecule has 1 N–H and O–H groups in total. The van der Waals surface area contributed by atoms with Crippen LogP contribution < -0.4 is 0 Å². The number of esters is 3. The molecular formula is C25H33NO7Si. The molecule has 1 aromatic carbocycles. The van der Waals surface area contributed by atoms with Crippen molar-refractivity contribution in [2.45, 2.75) is 58.5 Å². The van der Waals surface area contributed by atoms with E-state index in [0.717, 1.165) is 11.6 Å². The number of benzene rings is 1. The van der Waals surface area contributed by atoms with Crippen molar-refractivity contribution in [3.63, 3.8) is 0 Å². The van der Waals surface area contributed by atoms with Gasteiger partial charge in [0.1, 0.15) is 12.3 Å². The van der Waals surface area contributed by atoms with Gasteiger partial charge in [-0.2, -0.15) is 0 Å². The number of aromatic nitrogens is 1. The number of hydrogen-bond donors (Lipinski definition) is 1. The second kappa shape index (κ2) is 12.9. The highest BCUT2D eigenvalue weighted by Gasteiger charge is 2.26. The van der Waals surface area contributed by atoms with Gasteiger partial charge in [-0.1, -0.05) is 50.0 Å². The Morgan fingerprint density at radius 3 is 2.29 bits per heavy atom. The lowest BCUT2D eigenvalue weighted by Crippen LogP contribution is -2.23. The summed E-state index contributed by atoms with van der Waals surface area (Å²) in [4.78, 5) is 51.8. The van der Waals surface area contributed by atoms with Gasteiger partial charge in [0.05, 0.1) is 25.3 Å². The van der Waals surface area contributed by atoms with E-state index in [-0.39, 0.29) is 43.9 Å². The normalized spacial score (nSPS) is 11.1. The fraction of sp³-hybridized carbons (Fsp3) is 0.440. The molecule has 0 radical (unpaired) electrons. The number of rotatable bonds is 13. The van der Waals surface area contributed by atoms with Gasteiger partial charge in [-0.15, -0.1) is 0 Å². The van der Waals surface area contributed by atoms with Crippen molar-refractivity contribution in [1.29, 1.82) is 0 Å². The summed E-state index contributed by atoms with van der Waals surface area (Å²) >= 11 is 0. The summed E-state index contributed by atoms with van der Waals surface area (Å²) in [5.41, 5.74) is 1.66. The largest absolute Gasteiger partial charge is 0.466 e. The molecular weight excluding hydrogens is 454 g/mol. The number of carbonyl (C=O) groups is 4. The molecule has 0 saturated carbocycles. The summed E-state index contributed by atoms with van der Waals surface area (Å²) in [6, 6.07) is 9.98. The smallest absolute Gasteiger partial charge is 0.355 e. The van der Waals surface area contributed by atoms with Crippen LogP contribution in [0.2, 0.25) is 25.7 Å². The van der Waals surface area contributed by atoms with Crippen molar-refractivity contribution in [3.8, 4) is 0 Å².